The number of carbonyl (C=O) groups is 1. The monoisotopic (exact) mass is 286 g/mol. The van der Waals surface area contributed by atoms with E-state index in [0.717, 1.165) is 17.7 Å². The third-order valence-electron chi connectivity index (χ3n) is 2.91. The fourth-order valence-electron chi connectivity index (χ4n) is 1.81. The SMILES string of the molecule is CCCOc1ccccc1OCc1ccc(C(=O)O)cc1. The quantitative estimate of drug-likeness (QED) is 0.842. The highest BCUT2D eigenvalue weighted by molar-refractivity contribution is 5.87. The summed E-state index contributed by atoms with van der Waals surface area (Å²) in [4.78, 5) is 10.8. The molecule has 21 heavy (non-hydrogen) atoms. The molecular weight excluding hydrogens is 268 g/mol. The van der Waals surface area contributed by atoms with Crippen LogP contribution in [0.5, 0.6) is 11.5 Å². The average Bonchev–Trinajstić information content (AvgIpc) is 2.52. The molecule has 2 aromatic carbocycles. The number of aromatic carboxylic acids is 1. The average molecular weight is 286 g/mol. The van der Waals surface area contributed by atoms with Gasteiger partial charge in [0.25, 0.3) is 0 Å². The fraction of sp³-hybridized carbons (Fsp3) is 0.235. The van der Waals surface area contributed by atoms with Gasteiger partial charge in [0.05, 0.1) is 12.2 Å². The summed E-state index contributed by atoms with van der Waals surface area (Å²) < 4.78 is 11.4. The number of para-hydroxylation sites is 2. The predicted molar refractivity (Wildman–Crippen MR) is 80.0 cm³/mol. The molecule has 0 radical (unpaired) electrons. The van der Waals surface area contributed by atoms with Gasteiger partial charge in [0.15, 0.2) is 11.5 Å². The molecule has 1 N–H and O–H groups in total. The van der Waals surface area contributed by atoms with Crippen molar-refractivity contribution in [2.75, 3.05) is 6.61 Å². The van der Waals surface area contributed by atoms with E-state index in [-0.39, 0.29) is 5.56 Å². The molecule has 0 spiro atoms. The Morgan fingerprint density at radius 2 is 1.62 bits per heavy atom. The standard InChI is InChI=1S/C17H18O4/c1-2-11-20-15-5-3-4-6-16(15)21-12-13-7-9-14(10-8-13)17(18)19/h3-10H,2,11-12H2,1H3,(H,18,19). The Morgan fingerprint density at radius 1 is 1.00 bits per heavy atom. The summed E-state index contributed by atoms with van der Waals surface area (Å²) in [5.41, 5.74) is 1.18. The van der Waals surface area contributed by atoms with Crippen molar-refractivity contribution in [2.45, 2.75) is 20.0 Å². The summed E-state index contributed by atoms with van der Waals surface area (Å²) in [5.74, 6) is 0.482. The van der Waals surface area contributed by atoms with Crippen LogP contribution in [0.2, 0.25) is 0 Å². The van der Waals surface area contributed by atoms with E-state index in [1.807, 2.05) is 31.2 Å². The molecule has 2 rings (SSSR count). The van der Waals surface area contributed by atoms with Crippen LogP contribution < -0.4 is 9.47 Å². The lowest BCUT2D eigenvalue weighted by Gasteiger charge is -2.12. The number of hydrogen-bond acceptors (Lipinski definition) is 3. The lowest BCUT2D eigenvalue weighted by molar-refractivity contribution is 0.0697. The van der Waals surface area contributed by atoms with E-state index in [1.54, 1.807) is 24.3 Å². The molecule has 0 aliphatic rings. The maximum atomic E-state index is 10.8. The normalized spacial score (nSPS) is 10.1. The zero-order valence-electron chi connectivity index (χ0n) is 11.9. The molecule has 0 aliphatic heterocycles. The Morgan fingerprint density at radius 3 is 2.19 bits per heavy atom. The minimum Gasteiger partial charge on any atom is -0.490 e. The van der Waals surface area contributed by atoms with Gasteiger partial charge in [0.2, 0.25) is 0 Å². The summed E-state index contributed by atoms with van der Waals surface area (Å²) in [6.07, 6.45) is 0.936. The van der Waals surface area contributed by atoms with Crippen LogP contribution in [0.1, 0.15) is 29.3 Å². The van der Waals surface area contributed by atoms with Crippen LogP contribution in [0.15, 0.2) is 48.5 Å². The molecule has 0 aliphatic carbocycles. The van der Waals surface area contributed by atoms with E-state index >= 15 is 0 Å². The van der Waals surface area contributed by atoms with Crippen molar-refractivity contribution in [2.24, 2.45) is 0 Å². The molecular formula is C17H18O4. The summed E-state index contributed by atoms with van der Waals surface area (Å²) >= 11 is 0. The highest BCUT2D eigenvalue weighted by Gasteiger charge is 2.05. The largest absolute Gasteiger partial charge is 0.490 e. The van der Waals surface area contributed by atoms with E-state index in [0.29, 0.717) is 19.0 Å². The van der Waals surface area contributed by atoms with Gasteiger partial charge in [-0.3, -0.25) is 0 Å². The zero-order valence-corrected chi connectivity index (χ0v) is 11.9. The maximum Gasteiger partial charge on any atom is 0.335 e. The molecule has 0 saturated heterocycles. The van der Waals surface area contributed by atoms with Gasteiger partial charge in [-0.1, -0.05) is 31.2 Å². The fourth-order valence-corrected chi connectivity index (χ4v) is 1.81. The summed E-state index contributed by atoms with van der Waals surface area (Å²) in [7, 11) is 0. The lowest BCUT2D eigenvalue weighted by atomic mass is 10.1. The molecule has 110 valence electrons. The van der Waals surface area contributed by atoms with Crippen molar-refractivity contribution >= 4 is 5.97 Å². The van der Waals surface area contributed by atoms with E-state index in [1.165, 1.54) is 0 Å². The van der Waals surface area contributed by atoms with Crippen LogP contribution in [0.4, 0.5) is 0 Å². The minimum atomic E-state index is -0.930. The summed E-state index contributed by atoms with van der Waals surface area (Å²) in [6.45, 7) is 3.06. The van der Waals surface area contributed by atoms with Gasteiger partial charge in [0.1, 0.15) is 6.61 Å². The number of ether oxygens (including phenoxy) is 2. The predicted octanol–water partition coefficient (Wildman–Crippen LogP) is 3.75. The Labute approximate surface area is 123 Å². The van der Waals surface area contributed by atoms with E-state index < -0.39 is 5.97 Å². The molecule has 4 heteroatoms. The van der Waals surface area contributed by atoms with Gasteiger partial charge in [-0.25, -0.2) is 4.79 Å². The number of carboxylic acids is 1. The van der Waals surface area contributed by atoms with E-state index in [2.05, 4.69) is 0 Å². The lowest BCUT2D eigenvalue weighted by Crippen LogP contribution is -2.01. The van der Waals surface area contributed by atoms with Crippen LogP contribution in [0, 0.1) is 0 Å². The highest BCUT2D eigenvalue weighted by Crippen LogP contribution is 2.27. The third-order valence-corrected chi connectivity index (χ3v) is 2.91. The van der Waals surface area contributed by atoms with Crippen LogP contribution in [0.25, 0.3) is 0 Å². The number of carboxylic acid groups (broad SMARTS) is 1. The Hall–Kier alpha value is -2.49. The molecule has 4 nitrogen and oxygen atoms in total. The van der Waals surface area contributed by atoms with Crippen molar-refractivity contribution in [3.05, 3.63) is 59.7 Å². The van der Waals surface area contributed by atoms with E-state index in [4.69, 9.17) is 14.6 Å². The highest BCUT2D eigenvalue weighted by atomic mass is 16.5. The zero-order chi connectivity index (χ0) is 15.1. The molecule has 0 atom stereocenters. The second-order valence-electron chi connectivity index (χ2n) is 4.59. The summed E-state index contributed by atoms with van der Waals surface area (Å²) in [5, 5.41) is 8.85. The third kappa shape index (κ3) is 4.24. The van der Waals surface area contributed by atoms with Gasteiger partial charge in [-0.15, -0.1) is 0 Å². The van der Waals surface area contributed by atoms with Gasteiger partial charge < -0.3 is 14.6 Å². The number of hydrogen-bond donors (Lipinski definition) is 1. The topological polar surface area (TPSA) is 55.8 Å². The summed E-state index contributed by atoms with van der Waals surface area (Å²) in [6, 6.07) is 14.2. The van der Waals surface area contributed by atoms with Crippen molar-refractivity contribution in [1.29, 1.82) is 0 Å². The van der Waals surface area contributed by atoms with Crippen LogP contribution >= 0.6 is 0 Å². The smallest absolute Gasteiger partial charge is 0.335 e. The first-order chi connectivity index (χ1) is 10.2. The maximum absolute atomic E-state index is 10.8. The van der Waals surface area contributed by atoms with Gasteiger partial charge in [0, 0.05) is 0 Å². The van der Waals surface area contributed by atoms with Gasteiger partial charge in [-0.2, -0.15) is 0 Å². The van der Waals surface area contributed by atoms with Crippen molar-refractivity contribution in [1.82, 2.24) is 0 Å². The van der Waals surface area contributed by atoms with Crippen molar-refractivity contribution in [3.8, 4) is 11.5 Å². The van der Waals surface area contributed by atoms with Crippen LogP contribution in [-0.4, -0.2) is 17.7 Å². The second kappa shape index (κ2) is 7.33. The molecule has 0 aromatic heterocycles. The second-order valence-corrected chi connectivity index (χ2v) is 4.59. The first-order valence-corrected chi connectivity index (χ1v) is 6.87. The Kier molecular flexibility index (Phi) is 5.21. The van der Waals surface area contributed by atoms with Gasteiger partial charge >= 0.3 is 5.97 Å². The van der Waals surface area contributed by atoms with Gasteiger partial charge in [-0.05, 0) is 36.2 Å². The van der Waals surface area contributed by atoms with Crippen LogP contribution in [-0.2, 0) is 6.61 Å². The molecule has 0 unspecified atom stereocenters. The van der Waals surface area contributed by atoms with Crippen LogP contribution in [0.3, 0.4) is 0 Å². The number of benzene rings is 2. The number of rotatable bonds is 7. The van der Waals surface area contributed by atoms with Crippen molar-refractivity contribution < 1.29 is 19.4 Å². The molecule has 2 aromatic rings. The first kappa shape index (κ1) is 14.9. The van der Waals surface area contributed by atoms with E-state index in [9.17, 15) is 4.79 Å². The molecule has 0 amide bonds. The van der Waals surface area contributed by atoms with Crippen molar-refractivity contribution in [3.63, 3.8) is 0 Å². The molecule has 0 bridgehead atoms. The minimum absolute atomic E-state index is 0.269. The molecule has 0 fully saturated rings. The Balaban J connectivity index is 2.00. The molecule has 0 saturated carbocycles. The first-order valence-electron chi connectivity index (χ1n) is 6.87. The molecule has 0 heterocycles. The Bertz CT molecular complexity index is 590.